The van der Waals surface area contributed by atoms with Crippen molar-refractivity contribution in [3.05, 3.63) is 54.2 Å². The van der Waals surface area contributed by atoms with Gasteiger partial charge in [0.15, 0.2) is 0 Å². The Hall–Kier alpha value is -2.97. The molecule has 3 aromatic rings. The Morgan fingerprint density at radius 1 is 1.21 bits per heavy atom. The quantitative estimate of drug-likeness (QED) is 0.610. The van der Waals surface area contributed by atoms with Gasteiger partial charge in [0.1, 0.15) is 5.60 Å². The van der Waals surface area contributed by atoms with Crippen LogP contribution in [-0.4, -0.2) is 42.9 Å². The maximum absolute atomic E-state index is 10.9. The third-order valence-corrected chi connectivity index (χ3v) is 5.30. The van der Waals surface area contributed by atoms with E-state index in [1.54, 1.807) is 25.7 Å². The molecule has 1 aliphatic carbocycles. The van der Waals surface area contributed by atoms with E-state index in [2.05, 4.69) is 20.3 Å². The number of methoxy groups -OCH3 is 1. The number of anilines is 2. The number of aromatic nitrogens is 4. The Labute approximate surface area is 169 Å². The van der Waals surface area contributed by atoms with E-state index < -0.39 is 5.60 Å². The van der Waals surface area contributed by atoms with Gasteiger partial charge in [-0.1, -0.05) is 0 Å². The molecule has 3 N–H and O–H groups in total. The average molecular weight is 395 g/mol. The monoisotopic (exact) mass is 395 g/mol. The molecule has 0 aliphatic heterocycles. The Kier molecular flexibility index (Phi) is 5.21. The van der Waals surface area contributed by atoms with Crippen LogP contribution in [-0.2, 0) is 5.60 Å². The normalized spacial score (nSPS) is 21.7. The van der Waals surface area contributed by atoms with Crippen LogP contribution >= 0.6 is 0 Å². The van der Waals surface area contributed by atoms with Gasteiger partial charge >= 0.3 is 0 Å². The van der Waals surface area contributed by atoms with Crippen LogP contribution in [0.25, 0.3) is 5.69 Å². The lowest BCUT2D eigenvalue weighted by molar-refractivity contribution is -0.0389. The highest BCUT2D eigenvalue weighted by molar-refractivity contribution is 5.59. The molecule has 0 radical (unpaired) electrons. The van der Waals surface area contributed by atoms with Crippen molar-refractivity contribution in [3.63, 3.8) is 0 Å². The Morgan fingerprint density at radius 3 is 2.76 bits per heavy atom. The lowest BCUT2D eigenvalue weighted by atomic mass is 9.81. The lowest BCUT2D eigenvalue weighted by Crippen LogP contribution is -2.33. The van der Waals surface area contributed by atoms with Gasteiger partial charge < -0.3 is 24.8 Å². The fraction of sp³-hybridized carbons (Fsp3) is 0.381. The van der Waals surface area contributed by atoms with Crippen LogP contribution in [0.1, 0.15) is 36.9 Å². The first-order valence-electron chi connectivity index (χ1n) is 9.66. The standard InChI is InChI=1S/C21H25N5O3/c1-14-9-15(24-20-22-8-5-19(25-20)29-2)11-16(10-14)26-12-18(23-13-26)21(28)6-3-17(27)4-7-21/h5,8-13,17,27-28H,3-4,6-7H2,1-2H3,(H,22,24,25)/t17-,21+. The third-order valence-electron chi connectivity index (χ3n) is 5.30. The van der Waals surface area contributed by atoms with Crippen molar-refractivity contribution >= 4 is 11.6 Å². The molecule has 0 spiro atoms. The number of hydrogen-bond donors (Lipinski definition) is 3. The molecule has 0 saturated heterocycles. The first kappa shape index (κ1) is 19.4. The van der Waals surface area contributed by atoms with Crippen molar-refractivity contribution in [1.82, 2.24) is 19.5 Å². The maximum atomic E-state index is 10.9. The second-order valence-corrected chi connectivity index (χ2v) is 7.53. The molecule has 1 saturated carbocycles. The van der Waals surface area contributed by atoms with E-state index in [4.69, 9.17) is 4.74 Å². The van der Waals surface area contributed by atoms with Crippen molar-refractivity contribution < 1.29 is 14.9 Å². The van der Waals surface area contributed by atoms with Crippen molar-refractivity contribution in [1.29, 1.82) is 0 Å². The first-order chi connectivity index (χ1) is 13.9. The van der Waals surface area contributed by atoms with Gasteiger partial charge in [0.05, 0.1) is 25.2 Å². The van der Waals surface area contributed by atoms with Crippen molar-refractivity contribution in [2.45, 2.75) is 44.3 Å². The number of aliphatic hydroxyl groups is 2. The number of ether oxygens (including phenoxy) is 1. The smallest absolute Gasteiger partial charge is 0.230 e. The van der Waals surface area contributed by atoms with Gasteiger partial charge in [-0.2, -0.15) is 4.98 Å². The van der Waals surface area contributed by atoms with Crippen LogP contribution in [0.2, 0.25) is 0 Å². The molecule has 29 heavy (non-hydrogen) atoms. The summed E-state index contributed by atoms with van der Waals surface area (Å²) in [7, 11) is 1.56. The lowest BCUT2D eigenvalue weighted by Gasteiger charge is -2.32. The fourth-order valence-electron chi connectivity index (χ4n) is 3.67. The van der Waals surface area contributed by atoms with Gasteiger partial charge in [0.2, 0.25) is 11.8 Å². The minimum Gasteiger partial charge on any atom is -0.481 e. The summed E-state index contributed by atoms with van der Waals surface area (Å²) in [6, 6.07) is 7.70. The zero-order valence-corrected chi connectivity index (χ0v) is 16.5. The van der Waals surface area contributed by atoms with E-state index in [0.717, 1.165) is 16.9 Å². The molecule has 0 unspecified atom stereocenters. The van der Waals surface area contributed by atoms with Gasteiger partial charge in [-0.15, -0.1) is 0 Å². The number of aliphatic hydroxyl groups excluding tert-OH is 1. The van der Waals surface area contributed by atoms with E-state index in [9.17, 15) is 10.2 Å². The summed E-state index contributed by atoms with van der Waals surface area (Å²) in [5.41, 5.74) is 2.46. The molecule has 1 fully saturated rings. The maximum Gasteiger partial charge on any atom is 0.230 e. The number of nitrogens with zero attached hydrogens (tertiary/aromatic N) is 4. The molecule has 2 aromatic heterocycles. The summed E-state index contributed by atoms with van der Waals surface area (Å²) >= 11 is 0. The molecule has 2 heterocycles. The topological polar surface area (TPSA) is 105 Å². The molecule has 4 rings (SSSR count). The molecule has 1 aliphatic rings. The minimum absolute atomic E-state index is 0.332. The van der Waals surface area contributed by atoms with Crippen LogP contribution in [0, 0.1) is 6.92 Å². The van der Waals surface area contributed by atoms with E-state index in [1.165, 1.54) is 0 Å². The summed E-state index contributed by atoms with van der Waals surface area (Å²) < 4.78 is 7.03. The number of hydrogen-bond acceptors (Lipinski definition) is 7. The van der Waals surface area contributed by atoms with E-state index >= 15 is 0 Å². The summed E-state index contributed by atoms with van der Waals surface area (Å²) in [5.74, 6) is 0.933. The molecule has 0 atom stereocenters. The molecular formula is C21H25N5O3. The minimum atomic E-state index is -0.982. The van der Waals surface area contributed by atoms with Gasteiger partial charge in [-0.3, -0.25) is 0 Å². The highest BCUT2D eigenvalue weighted by Gasteiger charge is 2.36. The molecule has 1 aromatic carbocycles. The molecule has 8 nitrogen and oxygen atoms in total. The van der Waals surface area contributed by atoms with Crippen LogP contribution in [0.15, 0.2) is 43.0 Å². The Bertz CT molecular complexity index is 995. The highest BCUT2D eigenvalue weighted by atomic mass is 16.5. The SMILES string of the molecule is COc1ccnc(Nc2cc(C)cc(-n3cnc([C@]4(O)CC[C@@H](O)CC4)c3)c2)n1. The Balaban J connectivity index is 1.59. The summed E-state index contributed by atoms with van der Waals surface area (Å²) in [5, 5.41) is 23.9. The predicted molar refractivity (Wildman–Crippen MR) is 109 cm³/mol. The predicted octanol–water partition coefficient (Wildman–Crippen LogP) is 2.85. The van der Waals surface area contributed by atoms with Crippen molar-refractivity contribution in [2.24, 2.45) is 0 Å². The van der Waals surface area contributed by atoms with E-state index in [1.807, 2.05) is 35.9 Å². The zero-order valence-electron chi connectivity index (χ0n) is 16.5. The molecule has 0 bridgehead atoms. The second kappa shape index (κ2) is 7.81. The highest BCUT2D eigenvalue weighted by Crippen LogP contribution is 2.36. The molecule has 0 amide bonds. The molecule has 8 heteroatoms. The van der Waals surface area contributed by atoms with E-state index in [-0.39, 0.29) is 6.10 Å². The molecular weight excluding hydrogens is 370 g/mol. The summed E-state index contributed by atoms with van der Waals surface area (Å²) in [6.45, 7) is 2.01. The average Bonchev–Trinajstić information content (AvgIpc) is 3.21. The molecule has 152 valence electrons. The fourth-order valence-corrected chi connectivity index (χ4v) is 3.67. The summed E-state index contributed by atoms with van der Waals surface area (Å²) in [4.78, 5) is 13.0. The van der Waals surface area contributed by atoms with Gasteiger partial charge in [-0.25, -0.2) is 9.97 Å². The third kappa shape index (κ3) is 4.23. The van der Waals surface area contributed by atoms with Crippen molar-refractivity contribution in [3.8, 4) is 11.6 Å². The van der Waals surface area contributed by atoms with Gasteiger partial charge in [-0.05, 0) is 56.4 Å². The van der Waals surface area contributed by atoms with Crippen LogP contribution in [0.5, 0.6) is 5.88 Å². The van der Waals surface area contributed by atoms with Crippen LogP contribution in [0.4, 0.5) is 11.6 Å². The van der Waals surface area contributed by atoms with E-state index in [0.29, 0.717) is 43.2 Å². The van der Waals surface area contributed by atoms with Gasteiger partial charge in [0.25, 0.3) is 0 Å². The second-order valence-electron chi connectivity index (χ2n) is 7.53. The number of nitrogens with one attached hydrogen (secondary N) is 1. The number of benzene rings is 1. The van der Waals surface area contributed by atoms with Crippen molar-refractivity contribution in [2.75, 3.05) is 12.4 Å². The largest absolute Gasteiger partial charge is 0.481 e. The Morgan fingerprint density at radius 2 is 2.00 bits per heavy atom. The number of aryl methyl sites for hydroxylation is 1. The zero-order chi connectivity index (χ0) is 20.4. The van der Waals surface area contributed by atoms with Gasteiger partial charge in [0, 0.05) is 29.8 Å². The summed E-state index contributed by atoms with van der Waals surface area (Å²) in [6.07, 6.45) is 7.07. The van der Waals surface area contributed by atoms with Crippen LogP contribution < -0.4 is 10.1 Å². The van der Waals surface area contributed by atoms with Crippen LogP contribution in [0.3, 0.4) is 0 Å². The number of rotatable bonds is 5. The first-order valence-corrected chi connectivity index (χ1v) is 9.66. The number of imidazole rings is 1.